The van der Waals surface area contributed by atoms with Gasteiger partial charge in [0.1, 0.15) is 0 Å². The van der Waals surface area contributed by atoms with Crippen molar-refractivity contribution in [2.45, 2.75) is 0 Å². The van der Waals surface area contributed by atoms with E-state index in [9.17, 15) is 0 Å². The van der Waals surface area contributed by atoms with Crippen molar-refractivity contribution in [3.63, 3.8) is 0 Å². The van der Waals surface area contributed by atoms with Crippen LogP contribution in [0.15, 0.2) is 127 Å². The number of aromatic nitrogens is 2. The Balaban J connectivity index is 1.53. The number of aromatic amines is 1. The van der Waals surface area contributed by atoms with Gasteiger partial charge in [0, 0.05) is 38.3 Å². The average Bonchev–Trinajstić information content (AvgIpc) is 3.55. The van der Waals surface area contributed by atoms with Crippen molar-refractivity contribution in [1.29, 1.82) is 0 Å². The fourth-order valence-electron chi connectivity index (χ4n) is 7.50. The van der Waals surface area contributed by atoms with Crippen molar-refractivity contribution >= 4 is 86.7 Å². The molecule has 0 fully saturated rings. The van der Waals surface area contributed by atoms with Crippen LogP contribution in [-0.2, 0) is 0 Å². The van der Waals surface area contributed by atoms with Gasteiger partial charge in [0.05, 0.1) is 11.0 Å². The van der Waals surface area contributed by atoms with Crippen LogP contribution < -0.4 is 0 Å². The summed E-state index contributed by atoms with van der Waals surface area (Å²) in [5, 5.41) is 15.8. The first-order chi connectivity index (χ1) is 19.9. The van der Waals surface area contributed by atoms with Gasteiger partial charge in [-0.1, -0.05) is 91.0 Å². The molecule has 0 aliphatic rings. The van der Waals surface area contributed by atoms with Gasteiger partial charge in [0.15, 0.2) is 0 Å². The van der Waals surface area contributed by atoms with Crippen LogP contribution >= 0.6 is 0 Å². The molecule has 8 aromatic carbocycles. The minimum Gasteiger partial charge on any atom is -0.354 e. The van der Waals surface area contributed by atoms with E-state index in [1.165, 1.54) is 92.4 Å². The topological polar surface area (TPSA) is 20.7 Å². The van der Waals surface area contributed by atoms with Crippen molar-refractivity contribution in [2.75, 3.05) is 0 Å². The standard InChI is InChI=1S/C38H22N2/c1-2-10-22(11-3-1)40-33-19-7-5-13-26(33)38-28-17-9-15-24-23-14-8-16-27-35(23)29(30(36(24)28)21-34(38)40)20-32-37(27)25-12-4-6-18-31(25)39-32/h1-21,39H. The van der Waals surface area contributed by atoms with Crippen LogP contribution in [0.25, 0.3) is 92.4 Å². The number of hydrogen-bond donors (Lipinski definition) is 1. The van der Waals surface area contributed by atoms with E-state index in [0.29, 0.717) is 0 Å². The molecule has 2 heterocycles. The van der Waals surface area contributed by atoms with Crippen LogP contribution in [0.2, 0.25) is 0 Å². The molecule has 10 aromatic rings. The highest BCUT2D eigenvalue weighted by atomic mass is 15.0. The summed E-state index contributed by atoms with van der Waals surface area (Å²) in [6.07, 6.45) is 0. The molecule has 0 aliphatic heterocycles. The number of fused-ring (bicyclic) bond motifs is 10. The minimum atomic E-state index is 1.18. The zero-order valence-corrected chi connectivity index (χ0v) is 21.6. The number of nitrogens with zero attached hydrogens (tertiary/aromatic N) is 1. The van der Waals surface area contributed by atoms with E-state index < -0.39 is 0 Å². The molecule has 0 aliphatic carbocycles. The molecule has 2 nitrogen and oxygen atoms in total. The first kappa shape index (κ1) is 20.6. The first-order valence-electron chi connectivity index (χ1n) is 13.9. The van der Waals surface area contributed by atoms with Crippen LogP contribution in [0.3, 0.4) is 0 Å². The molecule has 0 spiro atoms. The molecule has 184 valence electrons. The van der Waals surface area contributed by atoms with Gasteiger partial charge in [-0.2, -0.15) is 0 Å². The highest BCUT2D eigenvalue weighted by Crippen LogP contribution is 2.47. The molecule has 2 aromatic heterocycles. The molecular weight excluding hydrogens is 484 g/mol. The summed E-state index contributed by atoms with van der Waals surface area (Å²) < 4.78 is 2.44. The summed E-state index contributed by atoms with van der Waals surface area (Å²) in [4.78, 5) is 3.74. The van der Waals surface area contributed by atoms with Gasteiger partial charge in [0.2, 0.25) is 0 Å². The number of rotatable bonds is 1. The highest BCUT2D eigenvalue weighted by molar-refractivity contribution is 6.41. The third-order valence-corrected chi connectivity index (χ3v) is 9.02. The molecule has 2 heteroatoms. The predicted molar refractivity (Wildman–Crippen MR) is 171 cm³/mol. The molecule has 0 atom stereocenters. The summed E-state index contributed by atoms with van der Waals surface area (Å²) in [5.41, 5.74) is 6.04. The fraction of sp³-hybridized carbons (Fsp3) is 0. The van der Waals surface area contributed by atoms with E-state index in [1.807, 2.05) is 0 Å². The molecule has 0 unspecified atom stereocenters. The van der Waals surface area contributed by atoms with E-state index in [4.69, 9.17) is 0 Å². The van der Waals surface area contributed by atoms with Gasteiger partial charge in [-0.25, -0.2) is 0 Å². The Kier molecular flexibility index (Phi) is 3.70. The number of benzene rings is 8. The van der Waals surface area contributed by atoms with Crippen LogP contribution in [0.5, 0.6) is 0 Å². The molecule has 0 saturated carbocycles. The minimum absolute atomic E-state index is 1.18. The molecule has 40 heavy (non-hydrogen) atoms. The van der Waals surface area contributed by atoms with Crippen LogP contribution in [0, 0.1) is 0 Å². The normalized spacial score (nSPS) is 12.5. The SMILES string of the molecule is c1ccc(-n2c3ccccc3c3c4cccc5c6cccc7c8c(cc(c(cc32)c54)c67)[nH]c2ccccc28)cc1. The highest BCUT2D eigenvalue weighted by Gasteiger charge is 2.21. The molecule has 1 N–H and O–H groups in total. The van der Waals surface area contributed by atoms with Crippen molar-refractivity contribution in [3.05, 3.63) is 127 Å². The van der Waals surface area contributed by atoms with E-state index >= 15 is 0 Å². The second-order valence-corrected chi connectivity index (χ2v) is 11.0. The lowest BCUT2D eigenvalue weighted by Crippen LogP contribution is -1.94. The lowest BCUT2D eigenvalue weighted by Gasteiger charge is -2.16. The molecule has 10 rings (SSSR count). The second-order valence-electron chi connectivity index (χ2n) is 11.0. The van der Waals surface area contributed by atoms with Gasteiger partial charge < -0.3 is 9.55 Å². The van der Waals surface area contributed by atoms with Crippen molar-refractivity contribution in [1.82, 2.24) is 9.55 Å². The fourth-order valence-corrected chi connectivity index (χ4v) is 7.50. The van der Waals surface area contributed by atoms with E-state index in [1.54, 1.807) is 0 Å². The van der Waals surface area contributed by atoms with Gasteiger partial charge in [-0.15, -0.1) is 0 Å². The first-order valence-corrected chi connectivity index (χ1v) is 13.9. The Morgan fingerprint density at radius 2 is 0.950 bits per heavy atom. The summed E-state index contributed by atoms with van der Waals surface area (Å²) in [6.45, 7) is 0. The maximum atomic E-state index is 3.74. The molecule has 0 amide bonds. The lowest BCUT2D eigenvalue weighted by atomic mass is 9.87. The Morgan fingerprint density at radius 3 is 1.75 bits per heavy atom. The number of hydrogen-bond acceptors (Lipinski definition) is 0. The molecular formula is C38H22N2. The number of para-hydroxylation sites is 3. The van der Waals surface area contributed by atoms with E-state index in [0.717, 1.165) is 0 Å². The summed E-state index contributed by atoms with van der Waals surface area (Å²) in [5.74, 6) is 0. The zero-order chi connectivity index (χ0) is 25.9. The largest absolute Gasteiger partial charge is 0.354 e. The van der Waals surface area contributed by atoms with Crippen molar-refractivity contribution in [2.24, 2.45) is 0 Å². The maximum absolute atomic E-state index is 3.74. The van der Waals surface area contributed by atoms with Gasteiger partial charge >= 0.3 is 0 Å². The Bertz CT molecular complexity index is 2630. The quantitative estimate of drug-likeness (QED) is 0.169. The van der Waals surface area contributed by atoms with Crippen molar-refractivity contribution < 1.29 is 0 Å². The summed E-state index contributed by atoms with van der Waals surface area (Å²) in [7, 11) is 0. The number of nitrogens with one attached hydrogen (secondary N) is 1. The maximum Gasteiger partial charge on any atom is 0.0553 e. The summed E-state index contributed by atoms with van der Waals surface area (Å²) in [6, 6.07) is 46.8. The zero-order valence-electron chi connectivity index (χ0n) is 21.6. The van der Waals surface area contributed by atoms with Crippen molar-refractivity contribution in [3.8, 4) is 5.69 Å². The van der Waals surface area contributed by atoms with Gasteiger partial charge in [-0.3, -0.25) is 0 Å². The second kappa shape index (κ2) is 7.19. The third-order valence-electron chi connectivity index (χ3n) is 9.02. The number of H-pyrrole nitrogens is 1. The predicted octanol–water partition coefficient (Wildman–Crippen LogP) is 10.5. The smallest absolute Gasteiger partial charge is 0.0553 e. The molecule has 0 bridgehead atoms. The van der Waals surface area contributed by atoms with Gasteiger partial charge in [0.25, 0.3) is 0 Å². The Labute approximate surface area is 229 Å². The van der Waals surface area contributed by atoms with E-state index in [2.05, 4.69) is 137 Å². The summed E-state index contributed by atoms with van der Waals surface area (Å²) >= 11 is 0. The van der Waals surface area contributed by atoms with Gasteiger partial charge in [-0.05, 0) is 79.5 Å². The van der Waals surface area contributed by atoms with Crippen LogP contribution in [-0.4, -0.2) is 9.55 Å². The lowest BCUT2D eigenvalue weighted by molar-refractivity contribution is 1.18. The Morgan fingerprint density at radius 1 is 0.350 bits per heavy atom. The molecule has 0 saturated heterocycles. The monoisotopic (exact) mass is 506 g/mol. The third kappa shape index (κ3) is 2.41. The molecule has 0 radical (unpaired) electrons. The average molecular weight is 507 g/mol. The van der Waals surface area contributed by atoms with Crippen LogP contribution in [0.1, 0.15) is 0 Å². The van der Waals surface area contributed by atoms with E-state index in [-0.39, 0.29) is 0 Å². The van der Waals surface area contributed by atoms with Crippen LogP contribution in [0.4, 0.5) is 0 Å². The Hall–Kier alpha value is -5.34.